The highest BCUT2D eigenvalue weighted by atomic mass is 35.5. The molecule has 0 saturated heterocycles. The van der Waals surface area contributed by atoms with Crippen molar-refractivity contribution in [2.45, 2.75) is 0 Å². The Morgan fingerprint density at radius 3 is 2.00 bits per heavy atom. The van der Waals surface area contributed by atoms with Gasteiger partial charge in [0.1, 0.15) is 6.67 Å². The van der Waals surface area contributed by atoms with Crippen LogP contribution in [-0.2, 0) is 0 Å². The van der Waals surface area contributed by atoms with Gasteiger partial charge in [-0.15, -0.1) is 0 Å². The topological polar surface area (TPSA) is 57.7 Å². The fourth-order valence-electron chi connectivity index (χ4n) is 3.20. The highest BCUT2D eigenvalue weighted by Crippen LogP contribution is 2.31. The Morgan fingerprint density at radius 1 is 0.828 bits per heavy atom. The summed E-state index contributed by atoms with van der Waals surface area (Å²) in [7, 11) is 0. The first-order valence-corrected chi connectivity index (χ1v) is 9.50. The van der Waals surface area contributed by atoms with Crippen molar-refractivity contribution >= 4 is 46.6 Å². The van der Waals surface area contributed by atoms with Gasteiger partial charge in [0.25, 0.3) is 17.7 Å². The molecule has 0 fully saturated rings. The van der Waals surface area contributed by atoms with E-state index in [1.165, 1.54) is 11.0 Å². The van der Waals surface area contributed by atoms with Gasteiger partial charge in [-0.3, -0.25) is 24.2 Å². The summed E-state index contributed by atoms with van der Waals surface area (Å²) in [5, 5.41) is 0.644. The van der Waals surface area contributed by atoms with Crippen LogP contribution < -0.4 is 4.90 Å². The predicted molar refractivity (Wildman–Crippen MR) is 112 cm³/mol. The standard InChI is InChI=1S/C22H14Cl2N2O3/c23-15-10-11-19(18(24)12-15)25(20(27)14-6-2-1-3-7-14)13-26-21(28)16-8-4-5-9-17(16)22(26)29/h1-12H,13H2. The van der Waals surface area contributed by atoms with E-state index in [9.17, 15) is 14.4 Å². The third-order valence-electron chi connectivity index (χ3n) is 4.63. The van der Waals surface area contributed by atoms with Gasteiger partial charge in [-0.25, -0.2) is 0 Å². The number of carbonyl (C=O) groups excluding carboxylic acids is 3. The number of hydrogen-bond acceptors (Lipinski definition) is 3. The van der Waals surface area contributed by atoms with E-state index in [4.69, 9.17) is 23.2 Å². The highest BCUT2D eigenvalue weighted by molar-refractivity contribution is 6.37. The third kappa shape index (κ3) is 3.50. The lowest BCUT2D eigenvalue weighted by Crippen LogP contribution is -2.44. The molecule has 0 spiro atoms. The molecule has 0 unspecified atom stereocenters. The fourth-order valence-corrected chi connectivity index (χ4v) is 3.71. The highest BCUT2D eigenvalue weighted by Gasteiger charge is 2.37. The van der Waals surface area contributed by atoms with Gasteiger partial charge in [0.2, 0.25) is 0 Å². The number of rotatable bonds is 4. The Morgan fingerprint density at radius 2 is 1.41 bits per heavy atom. The molecule has 0 saturated carbocycles. The van der Waals surface area contributed by atoms with Crippen LogP contribution in [0.5, 0.6) is 0 Å². The number of carbonyl (C=O) groups is 3. The first-order chi connectivity index (χ1) is 14.0. The lowest BCUT2D eigenvalue weighted by atomic mass is 10.1. The minimum absolute atomic E-state index is 0.235. The molecule has 3 aromatic rings. The number of anilines is 1. The van der Waals surface area contributed by atoms with E-state index in [2.05, 4.69) is 0 Å². The molecule has 3 aromatic carbocycles. The minimum Gasteiger partial charge on any atom is -0.288 e. The Hall–Kier alpha value is -3.15. The van der Waals surface area contributed by atoms with Crippen LogP contribution >= 0.6 is 23.2 Å². The number of hydrogen-bond donors (Lipinski definition) is 0. The van der Waals surface area contributed by atoms with Gasteiger partial charge < -0.3 is 0 Å². The van der Waals surface area contributed by atoms with E-state index >= 15 is 0 Å². The van der Waals surface area contributed by atoms with Gasteiger partial charge in [0.15, 0.2) is 0 Å². The Balaban J connectivity index is 1.75. The van der Waals surface area contributed by atoms with Crippen molar-refractivity contribution in [2.24, 2.45) is 0 Å². The van der Waals surface area contributed by atoms with E-state index in [0.29, 0.717) is 27.4 Å². The molecule has 0 N–H and O–H groups in total. The van der Waals surface area contributed by atoms with Crippen LogP contribution in [0.4, 0.5) is 5.69 Å². The van der Waals surface area contributed by atoms with E-state index in [1.54, 1.807) is 66.7 Å². The van der Waals surface area contributed by atoms with Crippen LogP contribution in [0.2, 0.25) is 10.0 Å². The van der Waals surface area contributed by atoms with Gasteiger partial charge in [0.05, 0.1) is 21.8 Å². The summed E-state index contributed by atoms with van der Waals surface area (Å²) < 4.78 is 0. The second kappa shape index (κ2) is 7.70. The number of amides is 3. The fraction of sp³-hybridized carbons (Fsp3) is 0.0455. The number of nitrogens with zero attached hydrogens (tertiary/aromatic N) is 2. The van der Waals surface area contributed by atoms with Crippen LogP contribution in [0.25, 0.3) is 0 Å². The molecule has 0 aliphatic carbocycles. The molecule has 7 heteroatoms. The van der Waals surface area contributed by atoms with E-state index in [-0.39, 0.29) is 11.7 Å². The van der Waals surface area contributed by atoms with Crippen LogP contribution in [0, 0.1) is 0 Å². The zero-order valence-electron chi connectivity index (χ0n) is 15.0. The van der Waals surface area contributed by atoms with E-state index in [0.717, 1.165) is 4.90 Å². The van der Waals surface area contributed by atoms with Crippen LogP contribution in [-0.4, -0.2) is 29.3 Å². The third-order valence-corrected chi connectivity index (χ3v) is 5.17. The molecule has 0 bridgehead atoms. The van der Waals surface area contributed by atoms with E-state index < -0.39 is 17.7 Å². The largest absolute Gasteiger partial charge is 0.288 e. The summed E-state index contributed by atoms with van der Waals surface area (Å²) in [5.41, 5.74) is 1.37. The molecular weight excluding hydrogens is 411 g/mol. The molecule has 3 amide bonds. The number of halogens is 2. The van der Waals surface area contributed by atoms with E-state index in [1.807, 2.05) is 0 Å². The molecule has 1 heterocycles. The molecule has 0 atom stereocenters. The lowest BCUT2D eigenvalue weighted by Gasteiger charge is -2.28. The Kier molecular flexibility index (Phi) is 5.09. The van der Waals surface area contributed by atoms with Gasteiger partial charge in [-0.05, 0) is 42.5 Å². The maximum Gasteiger partial charge on any atom is 0.263 e. The van der Waals surface area contributed by atoms with Crippen molar-refractivity contribution in [1.82, 2.24) is 4.90 Å². The smallest absolute Gasteiger partial charge is 0.263 e. The van der Waals surface area contributed by atoms with Crippen molar-refractivity contribution in [2.75, 3.05) is 11.6 Å². The summed E-state index contributed by atoms with van der Waals surface area (Å²) in [6.45, 7) is -0.276. The van der Waals surface area contributed by atoms with Crippen molar-refractivity contribution in [3.05, 3.63) is 99.5 Å². The quantitative estimate of drug-likeness (QED) is 0.559. The van der Waals surface area contributed by atoms with Crippen LogP contribution in [0.3, 0.4) is 0 Å². The summed E-state index contributed by atoms with van der Waals surface area (Å²) in [4.78, 5) is 41.2. The monoisotopic (exact) mass is 424 g/mol. The molecule has 144 valence electrons. The normalized spacial score (nSPS) is 12.8. The zero-order valence-corrected chi connectivity index (χ0v) is 16.5. The summed E-state index contributed by atoms with van der Waals surface area (Å²) in [5.74, 6) is -1.31. The molecule has 1 aliphatic heterocycles. The molecular formula is C22H14Cl2N2O3. The number of imide groups is 1. The molecule has 1 aliphatic rings. The average Bonchev–Trinajstić information content (AvgIpc) is 2.97. The lowest BCUT2D eigenvalue weighted by molar-refractivity contribution is 0.0650. The van der Waals surface area contributed by atoms with Crippen LogP contribution in [0.15, 0.2) is 72.8 Å². The zero-order chi connectivity index (χ0) is 20.5. The number of fused-ring (bicyclic) bond motifs is 1. The summed E-state index contributed by atoms with van der Waals surface area (Å²) >= 11 is 12.3. The van der Waals surface area contributed by atoms with Crippen molar-refractivity contribution in [1.29, 1.82) is 0 Å². The average molecular weight is 425 g/mol. The van der Waals surface area contributed by atoms with Gasteiger partial charge >= 0.3 is 0 Å². The predicted octanol–water partition coefficient (Wildman–Crippen LogP) is 4.89. The SMILES string of the molecule is O=C1c2ccccc2C(=O)N1CN(C(=O)c1ccccc1)c1ccc(Cl)cc1Cl. The Labute approximate surface area is 177 Å². The minimum atomic E-state index is -0.457. The molecule has 5 nitrogen and oxygen atoms in total. The summed E-state index contributed by atoms with van der Waals surface area (Å²) in [6, 6.07) is 19.8. The van der Waals surface area contributed by atoms with Gasteiger partial charge in [-0.1, -0.05) is 53.5 Å². The maximum absolute atomic E-state index is 13.2. The van der Waals surface area contributed by atoms with Crippen molar-refractivity contribution in [3.8, 4) is 0 Å². The van der Waals surface area contributed by atoms with Gasteiger partial charge in [-0.2, -0.15) is 0 Å². The Bertz CT molecular complexity index is 1100. The molecule has 0 radical (unpaired) electrons. The first-order valence-electron chi connectivity index (χ1n) is 8.74. The van der Waals surface area contributed by atoms with Crippen molar-refractivity contribution in [3.63, 3.8) is 0 Å². The second-order valence-electron chi connectivity index (χ2n) is 6.42. The molecule has 4 rings (SSSR count). The first kappa shape index (κ1) is 19.2. The molecule has 0 aromatic heterocycles. The van der Waals surface area contributed by atoms with Gasteiger partial charge in [0, 0.05) is 10.6 Å². The maximum atomic E-state index is 13.2. The molecule has 29 heavy (non-hydrogen) atoms. The summed E-state index contributed by atoms with van der Waals surface area (Å²) in [6.07, 6.45) is 0. The number of benzene rings is 3. The van der Waals surface area contributed by atoms with Crippen LogP contribution in [0.1, 0.15) is 31.1 Å². The van der Waals surface area contributed by atoms with Crippen molar-refractivity contribution < 1.29 is 14.4 Å². The second-order valence-corrected chi connectivity index (χ2v) is 7.26.